The van der Waals surface area contributed by atoms with Gasteiger partial charge in [-0.1, -0.05) is 66.7 Å². The molecule has 4 aromatic carbocycles. The van der Waals surface area contributed by atoms with E-state index in [1.54, 1.807) is 66.7 Å². The second-order valence-electron chi connectivity index (χ2n) is 8.73. The Hall–Kier alpha value is -4.63. The summed E-state index contributed by atoms with van der Waals surface area (Å²) in [5, 5.41) is 5.66. The topological polar surface area (TPSA) is 105 Å². The molecule has 8 nitrogen and oxygen atoms in total. The molecule has 39 heavy (non-hydrogen) atoms. The molecule has 0 saturated carbocycles. The average molecular weight is 544 g/mol. The van der Waals surface area contributed by atoms with Gasteiger partial charge in [-0.3, -0.25) is 13.9 Å². The average Bonchev–Trinajstić information content (AvgIpc) is 2.97. The van der Waals surface area contributed by atoms with Crippen LogP contribution in [0.3, 0.4) is 0 Å². The van der Waals surface area contributed by atoms with Gasteiger partial charge in [0, 0.05) is 6.07 Å². The number of hydrogen-bond donors (Lipinski definition) is 2. The first-order valence-electron chi connectivity index (χ1n) is 12.3. The van der Waals surface area contributed by atoms with Gasteiger partial charge < -0.3 is 15.4 Å². The van der Waals surface area contributed by atoms with Crippen molar-refractivity contribution in [2.45, 2.75) is 17.9 Å². The van der Waals surface area contributed by atoms with E-state index in [2.05, 4.69) is 10.6 Å². The van der Waals surface area contributed by atoms with Gasteiger partial charge in [0.1, 0.15) is 12.3 Å². The van der Waals surface area contributed by atoms with Crippen molar-refractivity contribution in [3.63, 3.8) is 0 Å². The van der Waals surface area contributed by atoms with E-state index >= 15 is 0 Å². The van der Waals surface area contributed by atoms with Crippen molar-refractivity contribution < 1.29 is 22.7 Å². The fourth-order valence-electron chi connectivity index (χ4n) is 4.01. The van der Waals surface area contributed by atoms with Crippen molar-refractivity contribution in [2.75, 3.05) is 23.3 Å². The second-order valence-corrected chi connectivity index (χ2v) is 10.6. The number of amides is 2. The number of hydrogen-bond acceptors (Lipinski definition) is 5. The number of ether oxygens (including phenoxy) is 1. The predicted molar refractivity (Wildman–Crippen MR) is 151 cm³/mol. The summed E-state index contributed by atoms with van der Waals surface area (Å²) in [6.07, 6.45) is 0. The number of carbonyl (C=O) groups excluding carboxylic acids is 2. The molecule has 4 rings (SSSR count). The lowest BCUT2D eigenvalue weighted by Gasteiger charge is -2.24. The molecule has 2 N–H and O–H groups in total. The minimum Gasteiger partial charge on any atom is -0.497 e. The Bertz CT molecular complexity index is 1540. The summed E-state index contributed by atoms with van der Waals surface area (Å²) in [5.74, 6) is -0.548. The highest BCUT2D eigenvalue weighted by atomic mass is 32.2. The monoisotopic (exact) mass is 543 g/mol. The maximum absolute atomic E-state index is 13.6. The first kappa shape index (κ1) is 27.4. The van der Waals surface area contributed by atoms with Crippen LogP contribution in [-0.2, 0) is 14.8 Å². The molecule has 0 fully saturated rings. The van der Waals surface area contributed by atoms with Crippen molar-refractivity contribution in [3.8, 4) is 5.75 Å². The van der Waals surface area contributed by atoms with E-state index in [0.29, 0.717) is 5.75 Å². The summed E-state index contributed by atoms with van der Waals surface area (Å²) in [6.45, 7) is 1.34. The summed E-state index contributed by atoms with van der Waals surface area (Å²) in [4.78, 5) is 26.4. The molecule has 0 aromatic heterocycles. The summed E-state index contributed by atoms with van der Waals surface area (Å²) >= 11 is 0. The van der Waals surface area contributed by atoms with Crippen LogP contribution >= 0.6 is 0 Å². The third-order valence-electron chi connectivity index (χ3n) is 6.05. The van der Waals surface area contributed by atoms with Crippen LogP contribution in [0.4, 0.5) is 11.4 Å². The molecule has 0 radical (unpaired) electrons. The summed E-state index contributed by atoms with van der Waals surface area (Å²) in [7, 11) is -2.63. The van der Waals surface area contributed by atoms with Crippen molar-refractivity contribution in [1.82, 2.24) is 5.32 Å². The minimum absolute atomic E-state index is 0.0373. The van der Waals surface area contributed by atoms with Gasteiger partial charge in [-0.15, -0.1) is 0 Å². The zero-order valence-electron chi connectivity index (χ0n) is 21.6. The lowest BCUT2D eigenvalue weighted by molar-refractivity contribution is -0.114. The fourth-order valence-corrected chi connectivity index (χ4v) is 5.44. The Labute approximate surface area is 228 Å². The van der Waals surface area contributed by atoms with Crippen LogP contribution in [0.5, 0.6) is 5.75 Å². The van der Waals surface area contributed by atoms with E-state index < -0.39 is 22.5 Å². The van der Waals surface area contributed by atoms with Crippen molar-refractivity contribution in [1.29, 1.82) is 0 Å². The van der Waals surface area contributed by atoms with E-state index in [4.69, 9.17) is 4.74 Å². The molecule has 9 heteroatoms. The van der Waals surface area contributed by atoms with E-state index in [1.807, 2.05) is 37.3 Å². The van der Waals surface area contributed by atoms with Crippen LogP contribution in [0, 0.1) is 0 Å². The Morgan fingerprint density at radius 3 is 2.18 bits per heavy atom. The van der Waals surface area contributed by atoms with E-state index in [-0.39, 0.29) is 33.8 Å². The van der Waals surface area contributed by atoms with Crippen LogP contribution in [0.25, 0.3) is 0 Å². The van der Waals surface area contributed by atoms with E-state index in [1.165, 1.54) is 19.2 Å². The number of benzene rings is 4. The number of methoxy groups -OCH3 is 1. The van der Waals surface area contributed by atoms with Gasteiger partial charge in [0.15, 0.2) is 0 Å². The first-order valence-corrected chi connectivity index (χ1v) is 13.7. The quantitative estimate of drug-likeness (QED) is 0.292. The molecule has 1 atom stereocenters. The highest BCUT2D eigenvalue weighted by Gasteiger charge is 2.28. The van der Waals surface area contributed by atoms with Gasteiger partial charge in [-0.05, 0) is 48.9 Å². The summed E-state index contributed by atoms with van der Waals surface area (Å²) in [5.41, 5.74) is 1.72. The number of nitrogens with one attached hydrogen (secondary N) is 2. The van der Waals surface area contributed by atoms with Crippen LogP contribution in [0.15, 0.2) is 114 Å². The standard InChI is InChI=1S/C30H29N3O5S/c1-22(23-12-5-3-6-13-23)31-30(35)27-18-9-10-19-28(27)32-29(34)21-33(24-14-11-15-25(20-24)38-2)39(36,37)26-16-7-4-8-17-26/h3-20,22H,21H2,1-2H3,(H,31,35)(H,32,34)/t22-/m1/s1. The summed E-state index contributed by atoms with van der Waals surface area (Å²) in [6, 6.07) is 30.2. The zero-order chi connectivity index (χ0) is 27.8. The molecule has 0 bridgehead atoms. The lowest BCUT2D eigenvalue weighted by atomic mass is 10.1. The molecular formula is C30H29N3O5S. The number of nitrogens with zero attached hydrogens (tertiary/aromatic N) is 1. The number of carbonyl (C=O) groups is 2. The molecule has 2 amide bonds. The Morgan fingerprint density at radius 1 is 0.846 bits per heavy atom. The molecule has 0 spiro atoms. The third-order valence-corrected chi connectivity index (χ3v) is 7.84. The molecular weight excluding hydrogens is 514 g/mol. The smallest absolute Gasteiger partial charge is 0.264 e. The van der Waals surface area contributed by atoms with Gasteiger partial charge in [-0.2, -0.15) is 0 Å². The first-order chi connectivity index (χ1) is 18.8. The Kier molecular flexibility index (Phi) is 8.63. The number of anilines is 2. The van der Waals surface area contributed by atoms with Crippen LogP contribution < -0.4 is 19.7 Å². The fraction of sp³-hybridized carbons (Fsp3) is 0.133. The molecule has 0 aliphatic heterocycles. The molecule has 0 heterocycles. The van der Waals surface area contributed by atoms with Gasteiger partial charge >= 0.3 is 0 Å². The lowest BCUT2D eigenvalue weighted by Crippen LogP contribution is -2.38. The predicted octanol–water partition coefficient (Wildman–Crippen LogP) is 5.02. The highest BCUT2D eigenvalue weighted by Crippen LogP contribution is 2.27. The molecule has 0 aliphatic rings. The maximum Gasteiger partial charge on any atom is 0.264 e. The Balaban J connectivity index is 1.58. The van der Waals surface area contributed by atoms with Crippen LogP contribution in [0.1, 0.15) is 28.9 Å². The molecule has 0 aliphatic carbocycles. The largest absolute Gasteiger partial charge is 0.497 e. The number of rotatable bonds is 10. The molecule has 200 valence electrons. The van der Waals surface area contributed by atoms with Gasteiger partial charge in [0.25, 0.3) is 15.9 Å². The Morgan fingerprint density at radius 2 is 1.49 bits per heavy atom. The maximum atomic E-state index is 13.6. The minimum atomic E-state index is -4.10. The zero-order valence-corrected chi connectivity index (χ0v) is 22.4. The summed E-state index contributed by atoms with van der Waals surface area (Å²) < 4.78 is 33.5. The van der Waals surface area contributed by atoms with Gasteiger partial charge in [-0.25, -0.2) is 8.42 Å². The molecule has 0 saturated heterocycles. The van der Waals surface area contributed by atoms with E-state index in [9.17, 15) is 18.0 Å². The van der Waals surface area contributed by atoms with Crippen LogP contribution in [-0.4, -0.2) is 33.9 Å². The van der Waals surface area contributed by atoms with Crippen LogP contribution in [0.2, 0.25) is 0 Å². The number of sulfonamides is 1. The van der Waals surface area contributed by atoms with Gasteiger partial charge in [0.05, 0.1) is 35.0 Å². The highest BCUT2D eigenvalue weighted by molar-refractivity contribution is 7.92. The van der Waals surface area contributed by atoms with Gasteiger partial charge in [0.2, 0.25) is 5.91 Å². The van der Waals surface area contributed by atoms with Crippen molar-refractivity contribution >= 4 is 33.2 Å². The SMILES string of the molecule is COc1cccc(N(CC(=O)Nc2ccccc2C(=O)N[C@H](C)c2ccccc2)S(=O)(=O)c2ccccc2)c1. The normalized spacial score (nSPS) is 11.7. The van der Waals surface area contributed by atoms with Crippen molar-refractivity contribution in [2.24, 2.45) is 0 Å². The van der Waals surface area contributed by atoms with Crippen molar-refractivity contribution in [3.05, 3.63) is 120 Å². The number of para-hydroxylation sites is 1. The third kappa shape index (κ3) is 6.63. The molecule has 4 aromatic rings. The second kappa shape index (κ2) is 12.3. The molecule has 0 unspecified atom stereocenters. The van der Waals surface area contributed by atoms with E-state index in [0.717, 1.165) is 9.87 Å².